The first kappa shape index (κ1) is 20.4. The van der Waals surface area contributed by atoms with Crippen molar-refractivity contribution in [1.29, 1.82) is 0 Å². The summed E-state index contributed by atoms with van der Waals surface area (Å²) in [6.45, 7) is 1.73. The summed E-state index contributed by atoms with van der Waals surface area (Å²) in [5.74, 6) is 0.486. The van der Waals surface area contributed by atoms with Crippen molar-refractivity contribution in [2.24, 2.45) is 14.1 Å². The van der Waals surface area contributed by atoms with E-state index < -0.39 is 11.2 Å². The molecule has 0 fully saturated rings. The molecule has 3 rings (SSSR count). The minimum atomic E-state index is -0.431. The predicted molar refractivity (Wildman–Crippen MR) is 113 cm³/mol. The molecule has 0 unspecified atom stereocenters. The lowest BCUT2D eigenvalue weighted by molar-refractivity contribution is 0.702. The predicted octanol–water partition coefficient (Wildman–Crippen LogP) is 1.81. The van der Waals surface area contributed by atoms with Crippen molar-refractivity contribution in [1.82, 2.24) is 24.0 Å². The summed E-state index contributed by atoms with van der Waals surface area (Å²) in [5, 5.41) is 7.33. The van der Waals surface area contributed by atoms with Crippen molar-refractivity contribution in [3.8, 4) is 0 Å². The fourth-order valence-corrected chi connectivity index (χ4v) is 3.56. The van der Waals surface area contributed by atoms with Crippen LogP contribution < -0.4 is 21.9 Å². The molecule has 0 atom stereocenters. The highest BCUT2D eigenvalue weighted by Crippen LogP contribution is 2.27. The molecule has 28 heavy (non-hydrogen) atoms. The van der Waals surface area contributed by atoms with Gasteiger partial charge in [-0.25, -0.2) is 4.79 Å². The minimum absolute atomic E-state index is 0.247. The molecule has 0 aliphatic carbocycles. The Morgan fingerprint density at radius 1 is 1.07 bits per heavy atom. The highest BCUT2D eigenvalue weighted by atomic mass is 35.5. The molecule has 2 N–H and O–H groups in total. The summed E-state index contributed by atoms with van der Waals surface area (Å²) in [5.41, 5.74) is 0.458. The zero-order chi connectivity index (χ0) is 20.4. The number of imidazole rings is 1. The number of aromatic nitrogens is 4. The van der Waals surface area contributed by atoms with Gasteiger partial charge < -0.3 is 10.6 Å². The maximum atomic E-state index is 12.9. The van der Waals surface area contributed by atoms with Crippen molar-refractivity contribution in [2.45, 2.75) is 13.0 Å². The molecule has 0 aliphatic heterocycles. The van der Waals surface area contributed by atoms with Crippen LogP contribution in [-0.2, 0) is 20.6 Å². The first-order valence-electron chi connectivity index (χ1n) is 8.84. The van der Waals surface area contributed by atoms with Gasteiger partial charge in [-0.15, -0.1) is 0 Å². The van der Waals surface area contributed by atoms with E-state index >= 15 is 0 Å². The van der Waals surface area contributed by atoms with Crippen LogP contribution in [0.25, 0.3) is 11.2 Å². The number of benzene rings is 1. The zero-order valence-corrected chi connectivity index (χ0v) is 17.4. The van der Waals surface area contributed by atoms with Crippen LogP contribution in [0.15, 0.2) is 27.8 Å². The second-order valence-electron chi connectivity index (χ2n) is 6.48. The minimum Gasteiger partial charge on any atom is -0.356 e. The molecule has 10 heteroatoms. The third-order valence-corrected chi connectivity index (χ3v) is 5.32. The van der Waals surface area contributed by atoms with E-state index in [1.165, 1.54) is 11.6 Å². The summed E-state index contributed by atoms with van der Waals surface area (Å²) < 4.78 is 4.16. The Balaban J connectivity index is 2.19. The van der Waals surface area contributed by atoms with Gasteiger partial charge in [0.1, 0.15) is 0 Å². The van der Waals surface area contributed by atoms with Crippen LogP contribution in [0, 0.1) is 0 Å². The number of nitrogens with one attached hydrogen (secondary N) is 2. The van der Waals surface area contributed by atoms with Crippen LogP contribution in [0.4, 0.5) is 5.95 Å². The van der Waals surface area contributed by atoms with Gasteiger partial charge in [0.15, 0.2) is 11.2 Å². The Kier molecular flexibility index (Phi) is 6.12. The number of hydrogen-bond acceptors (Lipinski definition) is 5. The monoisotopic (exact) mass is 424 g/mol. The van der Waals surface area contributed by atoms with Crippen LogP contribution in [0.3, 0.4) is 0 Å². The van der Waals surface area contributed by atoms with Crippen molar-refractivity contribution < 1.29 is 0 Å². The highest BCUT2D eigenvalue weighted by molar-refractivity contribution is 6.36. The van der Waals surface area contributed by atoms with E-state index in [1.807, 2.05) is 7.05 Å². The number of hydrogen-bond donors (Lipinski definition) is 2. The number of halogens is 2. The Hall–Kier alpha value is -2.29. The fourth-order valence-electron chi connectivity index (χ4n) is 3.04. The van der Waals surface area contributed by atoms with Gasteiger partial charge in [0.05, 0.1) is 6.54 Å². The third-order valence-electron chi connectivity index (χ3n) is 4.61. The first-order chi connectivity index (χ1) is 13.4. The van der Waals surface area contributed by atoms with Gasteiger partial charge >= 0.3 is 5.69 Å². The lowest BCUT2D eigenvalue weighted by atomic mass is 10.2. The standard InChI is InChI=1S/C18H22Cl2N6O2/c1-21-8-5-9-22-17-23-15-14(16(27)25(3)18(28)24(15)2)26(17)10-11-12(19)6-4-7-13(11)20/h4,6-7,21H,5,8-10H2,1-3H3,(H,22,23). The number of rotatable bonds is 7. The third kappa shape index (κ3) is 3.67. The second kappa shape index (κ2) is 8.38. The molecule has 0 aliphatic rings. The van der Waals surface area contributed by atoms with E-state index in [1.54, 1.807) is 29.8 Å². The molecular weight excluding hydrogens is 403 g/mol. The van der Waals surface area contributed by atoms with Gasteiger partial charge in [-0.05, 0) is 32.1 Å². The summed E-state index contributed by atoms with van der Waals surface area (Å²) in [4.78, 5) is 29.7. The molecule has 0 radical (unpaired) electrons. The van der Waals surface area contributed by atoms with E-state index in [9.17, 15) is 9.59 Å². The average Bonchev–Trinajstić information content (AvgIpc) is 3.03. The quantitative estimate of drug-likeness (QED) is 0.564. The van der Waals surface area contributed by atoms with E-state index in [0.29, 0.717) is 39.3 Å². The smallest absolute Gasteiger partial charge is 0.332 e. The van der Waals surface area contributed by atoms with Crippen LogP contribution in [0.5, 0.6) is 0 Å². The number of fused-ring (bicyclic) bond motifs is 1. The molecule has 2 heterocycles. The van der Waals surface area contributed by atoms with Crippen molar-refractivity contribution in [2.75, 3.05) is 25.5 Å². The van der Waals surface area contributed by atoms with Crippen LogP contribution in [0.1, 0.15) is 12.0 Å². The normalized spacial score (nSPS) is 11.3. The topological polar surface area (TPSA) is 85.9 Å². The number of nitrogens with zero attached hydrogens (tertiary/aromatic N) is 4. The average molecular weight is 425 g/mol. The molecule has 2 aromatic heterocycles. The van der Waals surface area contributed by atoms with Crippen molar-refractivity contribution in [3.05, 3.63) is 54.6 Å². The molecule has 1 aromatic carbocycles. The SMILES string of the molecule is CNCCCNc1nc2c(c(=O)n(C)c(=O)n2C)n1Cc1c(Cl)cccc1Cl. The maximum absolute atomic E-state index is 12.9. The molecule has 8 nitrogen and oxygen atoms in total. The molecule has 0 saturated heterocycles. The molecule has 3 aromatic rings. The Morgan fingerprint density at radius 2 is 1.75 bits per heavy atom. The molecule has 0 amide bonds. The number of anilines is 1. The van der Waals surface area contributed by atoms with Gasteiger partial charge in [0, 0.05) is 36.2 Å². The van der Waals surface area contributed by atoms with Gasteiger partial charge in [-0.1, -0.05) is 29.3 Å². The van der Waals surface area contributed by atoms with E-state index in [0.717, 1.165) is 17.5 Å². The van der Waals surface area contributed by atoms with Gasteiger partial charge in [0.25, 0.3) is 5.56 Å². The van der Waals surface area contributed by atoms with Crippen LogP contribution >= 0.6 is 23.2 Å². The number of aryl methyl sites for hydroxylation is 1. The van der Waals surface area contributed by atoms with E-state index in [-0.39, 0.29) is 6.54 Å². The first-order valence-corrected chi connectivity index (χ1v) is 9.60. The Bertz CT molecular complexity index is 1110. The molecule has 150 valence electrons. The maximum Gasteiger partial charge on any atom is 0.332 e. The summed E-state index contributed by atoms with van der Waals surface area (Å²) >= 11 is 12.7. The van der Waals surface area contributed by atoms with Crippen molar-refractivity contribution >= 4 is 40.3 Å². The molecule has 0 bridgehead atoms. The van der Waals surface area contributed by atoms with E-state index in [2.05, 4.69) is 15.6 Å². The van der Waals surface area contributed by atoms with Crippen LogP contribution in [0.2, 0.25) is 10.0 Å². The highest BCUT2D eigenvalue weighted by Gasteiger charge is 2.20. The Labute approximate surface area is 171 Å². The summed E-state index contributed by atoms with van der Waals surface area (Å²) in [7, 11) is 4.92. The fraction of sp³-hybridized carbons (Fsp3) is 0.389. The van der Waals surface area contributed by atoms with E-state index in [4.69, 9.17) is 23.2 Å². The Morgan fingerprint density at radius 3 is 2.39 bits per heavy atom. The van der Waals surface area contributed by atoms with Crippen LogP contribution in [-0.4, -0.2) is 38.8 Å². The van der Waals surface area contributed by atoms with Gasteiger partial charge in [-0.3, -0.25) is 18.5 Å². The lowest BCUT2D eigenvalue weighted by Crippen LogP contribution is -2.37. The van der Waals surface area contributed by atoms with Gasteiger partial charge in [0.2, 0.25) is 5.95 Å². The second-order valence-corrected chi connectivity index (χ2v) is 7.30. The van der Waals surface area contributed by atoms with Gasteiger partial charge in [-0.2, -0.15) is 4.98 Å². The van der Waals surface area contributed by atoms with Crippen molar-refractivity contribution in [3.63, 3.8) is 0 Å². The summed E-state index contributed by atoms with van der Waals surface area (Å²) in [6.07, 6.45) is 0.865. The lowest BCUT2D eigenvalue weighted by Gasteiger charge is -2.13. The molecule has 0 spiro atoms. The molecule has 0 saturated carbocycles. The zero-order valence-electron chi connectivity index (χ0n) is 15.9. The summed E-state index contributed by atoms with van der Waals surface area (Å²) in [6, 6.07) is 5.26. The largest absolute Gasteiger partial charge is 0.356 e. The molecular formula is C18H22Cl2N6O2.